The predicted octanol–water partition coefficient (Wildman–Crippen LogP) is 1.16. The molecule has 0 spiro atoms. The van der Waals surface area contributed by atoms with Crippen molar-refractivity contribution < 1.29 is 9.68 Å². The Morgan fingerprint density at radius 3 is 2.60 bits per heavy atom. The summed E-state index contributed by atoms with van der Waals surface area (Å²) in [5.74, 6) is 0. The van der Waals surface area contributed by atoms with Gasteiger partial charge in [0.05, 0.1) is 0 Å². The minimum atomic E-state index is -0.334. The minimum Gasteiger partial charge on any atom is -0.364 e. The van der Waals surface area contributed by atoms with Gasteiger partial charge in [0.15, 0.2) is 10.7 Å². The monoisotopic (exact) mass is 148 g/mol. The Morgan fingerprint density at radius 2 is 2.10 bits per heavy atom. The van der Waals surface area contributed by atoms with E-state index in [0.29, 0.717) is 6.42 Å². The van der Waals surface area contributed by atoms with E-state index < -0.39 is 0 Å². The van der Waals surface area contributed by atoms with E-state index in [0.717, 1.165) is 0 Å². The van der Waals surface area contributed by atoms with Gasteiger partial charge in [-0.05, 0) is 6.92 Å². The van der Waals surface area contributed by atoms with Crippen molar-refractivity contribution in [3.8, 4) is 0 Å². The van der Waals surface area contributed by atoms with Crippen LogP contribution >= 0.6 is 0 Å². The molecule has 0 aliphatic rings. The van der Waals surface area contributed by atoms with Crippen LogP contribution in [0.3, 0.4) is 0 Å². The summed E-state index contributed by atoms with van der Waals surface area (Å²) in [5.41, 5.74) is 0. The highest BCUT2D eigenvalue weighted by Crippen LogP contribution is 1.97. The molecule has 10 heavy (non-hydrogen) atoms. The van der Waals surface area contributed by atoms with E-state index in [9.17, 15) is 9.81 Å². The summed E-state index contributed by atoms with van der Waals surface area (Å²) in [6.45, 7) is 1.77. The van der Waals surface area contributed by atoms with Crippen LogP contribution in [-0.4, -0.2) is 12.7 Å². The van der Waals surface area contributed by atoms with Crippen LogP contribution in [-0.2, 0) is 9.68 Å². The van der Waals surface area contributed by atoms with Gasteiger partial charge < -0.3 is 9.68 Å². The summed E-state index contributed by atoms with van der Waals surface area (Å²) in [6, 6.07) is 0. The molecule has 0 aliphatic carbocycles. The lowest BCUT2D eigenvalue weighted by atomic mass is 10.3. The highest BCUT2D eigenvalue weighted by Gasteiger charge is 2.01. The zero-order valence-electron chi connectivity index (χ0n) is 5.52. The van der Waals surface area contributed by atoms with Gasteiger partial charge in [0.1, 0.15) is 12.7 Å². The SMILES string of the molecule is CC(CCON=O)ON=O. The lowest BCUT2D eigenvalue weighted by Gasteiger charge is -2.03. The Hall–Kier alpha value is -1.20. The second kappa shape index (κ2) is 5.93. The third kappa shape index (κ3) is 4.95. The number of hydrogen-bond acceptors (Lipinski definition) is 6. The molecule has 0 aromatic rings. The molecule has 0 N–H and O–H groups in total. The topological polar surface area (TPSA) is 77.3 Å². The minimum absolute atomic E-state index is 0.139. The van der Waals surface area contributed by atoms with Gasteiger partial charge in [0.2, 0.25) is 0 Å². The quantitative estimate of drug-likeness (QED) is 0.321. The Labute approximate surface area is 57.4 Å². The second-order valence-electron chi connectivity index (χ2n) is 1.69. The number of nitrogens with zero attached hydrogens (tertiary/aromatic N) is 2. The summed E-state index contributed by atoms with van der Waals surface area (Å²) >= 11 is 0. The van der Waals surface area contributed by atoms with E-state index >= 15 is 0 Å². The maximum atomic E-state index is 9.45. The molecule has 0 radical (unpaired) electrons. The smallest absolute Gasteiger partial charge is 0.155 e. The van der Waals surface area contributed by atoms with Crippen molar-refractivity contribution in [2.45, 2.75) is 19.4 Å². The van der Waals surface area contributed by atoms with Gasteiger partial charge in [0, 0.05) is 6.42 Å². The Balaban J connectivity index is 3.11. The van der Waals surface area contributed by atoms with Crippen molar-refractivity contribution in [1.82, 2.24) is 0 Å². The van der Waals surface area contributed by atoms with E-state index in [1.165, 1.54) is 0 Å². The zero-order valence-corrected chi connectivity index (χ0v) is 5.52. The van der Waals surface area contributed by atoms with Crippen molar-refractivity contribution in [1.29, 1.82) is 0 Å². The van der Waals surface area contributed by atoms with E-state index in [1.807, 2.05) is 0 Å². The number of rotatable bonds is 6. The molecule has 0 amide bonds. The fourth-order valence-electron chi connectivity index (χ4n) is 0.382. The van der Waals surface area contributed by atoms with Gasteiger partial charge >= 0.3 is 0 Å². The predicted molar refractivity (Wildman–Crippen MR) is 32.7 cm³/mol. The van der Waals surface area contributed by atoms with Crippen molar-refractivity contribution in [2.75, 3.05) is 6.61 Å². The largest absolute Gasteiger partial charge is 0.364 e. The molecule has 0 saturated carbocycles. The molecule has 1 atom stereocenters. The van der Waals surface area contributed by atoms with Crippen molar-refractivity contribution in [3.05, 3.63) is 9.81 Å². The summed E-state index contributed by atoms with van der Waals surface area (Å²) in [5, 5.41) is 4.35. The molecule has 6 nitrogen and oxygen atoms in total. The molecule has 0 rings (SSSR count). The number of hydrogen-bond donors (Lipinski definition) is 0. The molecule has 0 aromatic heterocycles. The summed E-state index contributed by atoms with van der Waals surface area (Å²) in [6.07, 6.45) is 0.0801. The summed E-state index contributed by atoms with van der Waals surface area (Å²) in [7, 11) is 0. The van der Waals surface area contributed by atoms with Crippen LogP contribution < -0.4 is 0 Å². The van der Waals surface area contributed by atoms with Gasteiger partial charge in [0.25, 0.3) is 0 Å². The van der Waals surface area contributed by atoms with Crippen LogP contribution in [0, 0.1) is 9.81 Å². The molecule has 1 unspecified atom stereocenters. The highest BCUT2D eigenvalue weighted by molar-refractivity contribution is 4.45. The third-order valence-electron chi connectivity index (χ3n) is 0.891. The maximum Gasteiger partial charge on any atom is 0.155 e. The van der Waals surface area contributed by atoms with Crippen LogP contribution in [0.25, 0.3) is 0 Å². The van der Waals surface area contributed by atoms with Gasteiger partial charge in [-0.25, -0.2) is 0 Å². The highest BCUT2D eigenvalue weighted by atomic mass is 16.7. The first-order valence-corrected chi connectivity index (χ1v) is 2.74. The Kier molecular flexibility index (Phi) is 5.22. The molecule has 0 bridgehead atoms. The van der Waals surface area contributed by atoms with E-state index in [2.05, 4.69) is 20.4 Å². The van der Waals surface area contributed by atoms with E-state index in [-0.39, 0.29) is 12.7 Å². The first-order valence-electron chi connectivity index (χ1n) is 2.74. The first-order chi connectivity index (χ1) is 4.81. The average molecular weight is 148 g/mol. The lowest BCUT2D eigenvalue weighted by Crippen LogP contribution is -2.06. The zero-order chi connectivity index (χ0) is 7.82. The van der Waals surface area contributed by atoms with Crippen LogP contribution in [0.5, 0.6) is 0 Å². The van der Waals surface area contributed by atoms with Gasteiger partial charge in [-0.2, -0.15) is 0 Å². The molecule has 58 valence electrons. The third-order valence-corrected chi connectivity index (χ3v) is 0.891. The van der Waals surface area contributed by atoms with Crippen molar-refractivity contribution in [3.63, 3.8) is 0 Å². The van der Waals surface area contributed by atoms with E-state index in [4.69, 9.17) is 0 Å². The second-order valence-corrected chi connectivity index (χ2v) is 1.69. The fraction of sp³-hybridized carbons (Fsp3) is 1.00. The molecule has 0 aliphatic heterocycles. The van der Waals surface area contributed by atoms with Gasteiger partial charge in [-0.3, -0.25) is 0 Å². The Bertz CT molecular complexity index is 107. The molecule has 0 heterocycles. The van der Waals surface area contributed by atoms with Crippen LogP contribution in [0.1, 0.15) is 13.3 Å². The molecule has 0 fully saturated rings. The summed E-state index contributed by atoms with van der Waals surface area (Å²) in [4.78, 5) is 27.1. The molecule has 0 aromatic carbocycles. The average Bonchev–Trinajstić information content (AvgIpc) is 1.89. The van der Waals surface area contributed by atoms with Gasteiger partial charge in [-0.15, -0.1) is 9.81 Å². The normalized spacial score (nSPS) is 11.7. The Morgan fingerprint density at radius 1 is 1.40 bits per heavy atom. The first kappa shape index (κ1) is 8.80. The van der Waals surface area contributed by atoms with E-state index in [1.54, 1.807) is 6.92 Å². The van der Waals surface area contributed by atoms with Crippen LogP contribution in [0.15, 0.2) is 10.7 Å². The molecule has 6 heteroatoms. The maximum absolute atomic E-state index is 9.45. The molecule has 0 saturated heterocycles. The standard InChI is InChI=1S/C4H8N2O4/c1-4(10-6-8)2-3-9-5-7/h4H,2-3H2,1H3. The van der Waals surface area contributed by atoms with Crippen molar-refractivity contribution >= 4 is 0 Å². The summed E-state index contributed by atoms with van der Waals surface area (Å²) < 4.78 is 0. The lowest BCUT2D eigenvalue weighted by molar-refractivity contribution is 0.0330. The fourth-order valence-corrected chi connectivity index (χ4v) is 0.382. The van der Waals surface area contributed by atoms with Crippen LogP contribution in [0.4, 0.5) is 0 Å². The molecular formula is C4H8N2O4. The molecular weight excluding hydrogens is 140 g/mol. The van der Waals surface area contributed by atoms with Gasteiger partial charge in [-0.1, -0.05) is 0 Å². The van der Waals surface area contributed by atoms with Crippen molar-refractivity contribution in [2.24, 2.45) is 10.7 Å². The van der Waals surface area contributed by atoms with Crippen LogP contribution in [0.2, 0.25) is 0 Å².